The first-order valence-corrected chi connectivity index (χ1v) is 6.31. The van der Waals surface area contributed by atoms with Crippen molar-refractivity contribution in [2.24, 2.45) is 0 Å². The number of thiophene rings is 1. The summed E-state index contributed by atoms with van der Waals surface area (Å²) in [5.74, 6) is -1.14. The number of hydrogen-bond acceptors (Lipinski definition) is 3. The Labute approximate surface area is 103 Å². The van der Waals surface area contributed by atoms with Crippen LogP contribution in [-0.2, 0) is 9.59 Å². The Balaban J connectivity index is 2.02. The fourth-order valence-corrected chi connectivity index (χ4v) is 2.54. The first-order valence-electron chi connectivity index (χ1n) is 5.43. The molecule has 1 atom stereocenters. The molecule has 1 aromatic rings. The number of rotatable bonds is 3. The van der Waals surface area contributed by atoms with Crippen LogP contribution in [0, 0.1) is 0 Å². The minimum atomic E-state index is -0.916. The zero-order chi connectivity index (χ0) is 12.3. The van der Waals surface area contributed by atoms with Crippen LogP contribution in [0.15, 0.2) is 23.6 Å². The van der Waals surface area contributed by atoms with Gasteiger partial charge in [0.1, 0.15) is 6.04 Å². The van der Waals surface area contributed by atoms with Gasteiger partial charge in [-0.2, -0.15) is 0 Å². The van der Waals surface area contributed by atoms with E-state index in [1.54, 1.807) is 17.4 Å². The molecule has 1 saturated heterocycles. The average Bonchev–Trinajstić information content (AvgIpc) is 2.96. The number of amides is 1. The molecule has 4 nitrogen and oxygen atoms in total. The highest BCUT2D eigenvalue weighted by Crippen LogP contribution is 2.18. The summed E-state index contributed by atoms with van der Waals surface area (Å²) in [4.78, 5) is 25.2. The van der Waals surface area contributed by atoms with Crippen LogP contribution in [0.2, 0.25) is 0 Å². The first kappa shape index (κ1) is 11.9. The Morgan fingerprint density at radius 3 is 3.00 bits per heavy atom. The number of hydrogen-bond donors (Lipinski definition) is 1. The van der Waals surface area contributed by atoms with Gasteiger partial charge in [-0.3, -0.25) is 4.79 Å². The number of nitrogens with zero attached hydrogens (tertiary/aromatic N) is 1. The molecule has 0 aromatic carbocycles. The van der Waals surface area contributed by atoms with E-state index in [9.17, 15) is 9.59 Å². The van der Waals surface area contributed by atoms with Crippen LogP contribution in [0.25, 0.3) is 6.08 Å². The monoisotopic (exact) mass is 251 g/mol. The fourth-order valence-electron chi connectivity index (χ4n) is 1.92. The molecular formula is C12H13NO3S. The maximum Gasteiger partial charge on any atom is 0.326 e. The molecule has 2 heterocycles. The van der Waals surface area contributed by atoms with Crippen molar-refractivity contribution in [3.05, 3.63) is 28.5 Å². The molecule has 1 aromatic heterocycles. The normalized spacial score (nSPS) is 20.0. The molecule has 0 spiro atoms. The van der Waals surface area contributed by atoms with E-state index in [0.29, 0.717) is 13.0 Å². The van der Waals surface area contributed by atoms with Gasteiger partial charge in [0.25, 0.3) is 0 Å². The van der Waals surface area contributed by atoms with Gasteiger partial charge in [-0.25, -0.2) is 4.79 Å². The van der Waals surface area contributed by atoms with Gasteiger partial charge in [0, 0.05) is 17.5 Å². The summed E-state index contributed by atoms with van der Waals surface area (Å²) in [5.41, 5.74) is 0. The van der Waals surface area contributed by atoms with Gasteiger partial charge in [-0.15, -0.1) is 11.3 Å². The molecule has 5 heteroatoms. The quantitative estimate of drug-likeness (QED) is 0.834. The predicted octanol–water partition coefficient (Wildman–Crippen LogP) is 1.84. The van der Waals surface area contributed by atoms with E-state index in [1.807, 2.05) is 17.5 Å². The highest BCUT2D eigenvalue weighted by atomic mass is 32.1. The van der Waals surface area contributed by atoms with Crippen LogP contribution in [0.1, 0.15) is 17.7 Å². The van der Waals surface area contributed by atoms with Gasteiger partial charge in [-0.1, -0.05) is 6.07 Å². The maximum absolute atomic E-state index is 11.8. The Morgan fingerprint density at radius 2 is 2.35 bits per heavy atom. The second kappa shape index (κ2) is 5.14. The number of carbonyl (C=O) groups excluding carboxylic acids is 1. The van der Waals surface area contributed by atoms with Gasteiger partial charge >= 0.3 is 5.97 Å². The summed E-state index contributed by atoms with van der Waals surface area (Å²) in [6.45, 7) is 0.532. The molecule has 0 aliphatic carbocycles. The Hall–Kier alpha value is -1.62. The molecule has 17 heavy (non-hydrogen) atoms. The molecule has 90 valence electrons. The summed E-state index contributed by atoms with van der Waals surface area (Å²) in [6.07, 6.45) is 4.49. The molecule has 0 bridgehead atoms. The fraction of sp³-hybridized carbons (Fsp3) is 0.333. The second-order valence-corrected chi connectivity index (χ2v) is 4.86. The molecule has 1 unspecified atom stereocenters. The second-order valence-electron chi connectivity index (χ2n) is 3.88. The van der Waals surface area contributed by atoms with E-state index >= 15 is 0 Å². The van der Waals surface area contributed by atoms with Gasteiger partial charge in [-0.05, 0) is 30.4 Å². The minimum absolute atomic E-state index is 0.219. The lowest BCUT2D eigenvalue weighted by Crippen LogP contribution is -2.39. The smallest absolute Gasteiger partial charge is 0.326 e. The number of carbonyl (C=O) groups is 2. The molecule has 0 saturated carbocycles. The van der Waals surface area contributed by atoms with Crippen molar-refractivity contribution in [3.8, 4) is 0 Å². The lowest BCUT2D eigenvalue weighted by molar-refractivity contribution is -0.146. The highest BCUT2D eigenvalue weighted by Gasteiger charge is 2.32. The van der Waals surface area contributed by atoms with Crippen LogP contribution >= 0.6 is 11.3 Å². The highest BCUT2D eigenvalue weighted by molar-refractivity contribution is 7.10. The van der Waals surface area contributed by atoms with Crippen molar-refractivity contribution >= 4 is 29.3 Å². The zero-order valence-corrected chi connectivity index (χ0v) is 10.0. The standard InChI is InChI=1S/C12H13NO3S/c14-11(6-5-9-3-2-8-17-9)13-7-1-4-10(13)12(15)16/h2-3,5-6,8,10H,1,4,7H2,(H,15,16)/b6-5+. The predicted molar refractivity (Wildman–Crippen MR) is 65.7 cm³/mol. The van der Waals surface area contributed by atoms with Crippen molar-refractivity contribution in [3.63, 3.8) is 0 Å². The zero-order valence-electron chi connectivity index (χ0n) is 9.20. The first-order chi connectivity index (χ1) is 8.18. The molecule has 1 fully saturated rings. The summed E-state index contributed by atoms with van der Waals surface area (Å²) in [6, 6.07) is 3.16. The molecule has 1 aliphatic rings. The van der Waals surface area contributed by atoms with Crippen LogP contribution in [0.5, 0.6) is 0 Å². The van der Waals surface area contributed by atoms with Gasteiger partial charge in [0.15, 0.2) is 0 Å². The van der Waals surface area contributed by atoms with Gasteiger partial charge in [0.05, 0.1) is 0 Å². The van der Waals surface area contributed by atoms with E-state index in [4.69, 9.17) is 5.11 Å². The molecule has 1 N–H and O–H groups in total. The average molecular weight is 251 g/mol. The van der Waals surface area contributed by atoms with Crippen LogP contribution < -0.4 is 0 Å². The Bertz CT molecular complexity index is 439. The van der Waals surface area contributed by atoms with Crippen molar-refractivity contribution in [2.75, 3.05) is 6.54 Å². The van der Waals surface area contributed by atoms with Crippen molar-refractivity contribution in [2.45, 2.75) is 18.9 Å². The van der Waals surface area contributed by atoms with E-state index < -0.39 is 12.0 Å². The number of likely N-dealkylation sites (tertiary alicyclic amines) is 1. The third-order valence-electron chi connectivity index (χ3n) is 2.75. The summed E-state index contributed by atoms with van der Waals surface area (Å²) in [5, 5.41) is 10.9. The SMILES string of the molecule is O=C(O)C1CCCN1C(=O)/C=C/c1cccs1. The molecule has 0 radical (unpaired) electrons. The van der Waals surface area contributed by atoms with Gasteiger partial charge in [0.2, 0.25) is 5.91 Å². The molecule has 2 rings (SSSR count). The number of aliphatic carboxylic acids is 1. The van der Waals surface area contributed by atoms with E-state index in [0.717, 1.165) is 11.3 Å². The van der Waals surface area contributed by atoms with Gasteiger partial charge < -0.3 is 10.0 Å². The largest absolute Gasteiger partial charge is 0.480 e. The number of carboxylic acid groups (broad SMARTS) is 1. The third-order valence-corrected chi connectivity index (χ3v) is 3.59. The summed E-state index contributed by atoms with van der Waals surface area (Å²) < 4.78 is 0. The van der Waals surface area contributed by atoms with Crippen molar-refractivity contribution in [1.82, 2.24) is 4.90 Å². The molecular weight excluding hydrogens is 238 g/mol. The molecule has 1 amide bonds. The van der Waals surface area contributed by atoms with Crippen LogP contribution in [-0.4, -0.2) is 34.5 Å². The van der Waals surface area contributed by atoms with Crippen LogP contribution in [0.3, 0.4) is 0 Å². The van der Waals surface area contributed by atoms with E-state index in [1.165, 1.54) is 11.0 Å². The van der Waals surface area contributed by atoms with Crippen molar-refractivity contribution < 1.29 is 14.7 Å². The Morgan fingerprint density at radius 1 is 1.53 bits per heavy atom. The van der Waals surface area contributed by atoms with E-state index in [-0.39, 0.29) is 5.91 Å². The lowest BCUT2D eigenvalue weighted by Gasteiger charge is -2.19. The van der Waals surface area contributed by atoms with Crippen LogP contribution in [0.4, 0.5) is 0 Å². The minimum Gasteiger partial charge on any atom is -0.480 e. The van der Waals surface area contributed by atoms with Crippen molar-refractivity contribution in [1.29, 1.82) is 0 Å². The third kappa shape index (κ3) is 2.74. The van der Waals surface area contributed by atoms with E-state index in [2.05, 4.69) is 0 Å². The lowest BCUT2D eigenvalue weighted by atomic mass is 10.2. The topological polar surface area (TPSA) is 57.6 Å². The summed E-state index contributed by atoms with van der Waals surface area (Å²) >= 11 is 1.54. The number of carboxylic acids is 1. The summed E-state index contributed by atoms with van der Waals surface area (Å²) in [7, 11) is 0. The maximum atomic E-state index is 11.8. The molecule has 1 aliphatic heterocycles. The Kier molecular flexibility index (Phi) is 3.58.